The third kappa shape index (κ3) is 5.40. The van der Waals surface area contributed by atoms with Crippen molar-refractivity contribution in [3.63, 3.8) is 0 Å². The number of nitrogens with one attached hydrogen (secondary N) is 1. The predicted octanol–water partition coefficient (Wildman–Crippen LogP) is 2.48. The van der Waals surface area contributed by atoms with Gasteiger partial charge in [-0.05, 0) is 47.5 Å². The number of hydrogen-bond acceptors (Lipinski definition) is 2. The smallest absolute Gasteiger partial charge is 0.0575 e. The Labute approximate surface area is 88.4 Å². The van der Waals surface area contributed by atoms with Crippen LogP contribution in [0.1, 0.15) is 47.5 Å². The topological polar surface area (TPSA) is 32.3 Å². The first kappa shape index (κ1) is 13.7. The maximum Gasteiger partial charge on any atom is 0.0575 e. The molecule has 84 valence electrons. The van der Waals surface area contributed by atoms with E-state index in [-0.39, 0.29) is 17.2 Å². The van der Waals surface area contributed by atoms with E-state index in [1.807, 2.05) is 6.92 Å². The molecule has 1 heterocycles. The molecular weight excluding hydrogens is 174 g/mol. The Kier molecular flexibility index (Phi) is 4.82. The van der Waals surface area contributed by atoms with Crippen molar-refractivity contribution in [2.24, 2.45) is 0 Å². The highest BCUT2D eigenvalue weighted by Crippen LogP contribution is 2.27. The summed E-state index contributed by atoms with van der Waals surface area (Å²) in [4.78, 5) is 0. The number of aliphatic hydroxyl groups excluding tert-OH is 1. The monoisotopic (exact) mass is 199 g/mol. The normalized spacial score (nSPS) is 24.7. The van der Waals surface area contributed by atoms with Crippen molar-refractivity contribution in [1.29, 1.82) is 0 Å². The van der Waals surface area contributed by atoms with Gasteiger partial charge in [0.05, 0.1) is 6.10 Å². The highest BCUT2D eigenvalue weighted by atomic mass is 16.3. The summed E-state index contributed by atoms with van der Waals surface area (Å²) in [5.41, 5.74) is 0.169. The van der Waals surface area contributed by atoms with Crippen molar-refractivity contribution in [3.8, 4) is 0 Å². The van der Waals surface area contributed by atoms with Gasteiger partial charge in [0.2, 0.25) is 0 Å². The summed E-state index contributed by atoms with van der Waals surface area (Å²) < 4.78 is 0. The van der Waals surface area contributed by atoms with Crippen molar-refractivity contribution in [3.05, 3.63) is 12.7 Å². The minimum absolute atomic E-state index is 0.0845. The molecule has 1 aliphatic rings. The van der Waals surface area contributed by atoms with E-state index in [1.165, 1.54) is 0 Å². The SMILES string of the molecule is C=CC.CC1(C)CC(O)CC(C)(C)N1. The van der Waals surface area contributed by atoms with Gasteiger partial charge in [-0.3, -0.25) is 0 Å². The molecule has 0 atom stereocenters. The summed E-state index contributed by atoms with van der Waals surface area (Å²) in [6, 6.07) is 0. The summed E-state index contributed by atoms with van der Waals surface area (Å²) in [7, 11) is 0. The lowest BCUT2D eigenvalue weighted by Crippen LogP contribution is -2.59. The largest absolute Gasteiger partial charge is 0.393 e. The van der Waals surface area contributed by atoms with Gasteiger partial charge in [0, 0.05) is 11.1 Å². The van der Waals surface area contributed by atoms with Crippen LogP contribution in [0.5, 0.6) is 0 Å². The molecule has 0 saturated carbocycles. The third-order valence-corrected chi connectivity index (χ3v) is 2.17. The van der Waals surface area contributed by atoms with Gasteiger partial charge < -0.3 is 10.4 Å². The number of rotatable bonds is 0. The zero-order valence-corrected chi connectivity index (χ0v) is 10.2. The Morgan fingerprint density at radius 1 is 1.21 bits per heavy atom. The van der Waals surface area contributed by atoms with Crippen molar-refractivity contribution in [1.82, 2.24) is 5.32 Å². The highest BCUT2D eigenvalue weighted by Gasteiger charge is 2.36. The van der Waals surface area contributed by atoms with E-state index < -0.39 is 0 Å². The van der Waals surface area contributed by atoms with Crippen LogP contribution < -0.4 is 5.32 Å². The molecule has 0 bridgehead atoms. The van der Waals surface area contributed by atoms with Gasteiger partial charge in [0.25, 0.3) is 0 Å². The van der Waals surface area contributed by atoms with Gasteiger partial charge in [0.1, 0.15) is 0 Å². The number of allylic oxidation sites excluding steroid dienone is 1. The van der Waals surface area contributed by atoms with Gasteiger partial charge in [-0.25, -0.2) is 0 Å². The first-order chi connectivity index (χ1) is 6.22. The second-order valence-electron chi connectivity index (χ2n) is 5.36. The second-order valence-corrected chi connectivity index (χ2v) is 5.36. The van der Waals surface area contributed by atoms with Gasteiger partial charge in [0.15, 0.2) is 0 Å². The molecule has 0 amide bonds. The van der Waals surface area contributed by atoms with E-state index in [0.717, 1.165) is 12.8 Å². The summed E-state index contributed by atoms with van der Waals surface area (Å²) in [5, 5.41) is 13.0. The molecule has 1 saturated heterocycles. The molecule has 2 heteroatoms. The average molecular weight is 199 g/mol. The Morgan fingerprint density at radius 2 is 1.50 bits per heavy atom. The molecule has 1 aliphatic heterocycles. The molecular formula is C12H25NO. The highest BCUT2D eigenvalue weighted by molar-refractivity contribution is 4.96. The lowest BCUT2D eigenvalue weighted by Gasteiger charge is -2.44. The van der Waals surface area contributed by atoms with Gasteiger partial charge in [-0.1, -0.05) is 6.08 Å². The molecule has 2 N–H and O–H groups in total. The summed E-state index contributed by atoms with van der Waals surface area (Å²) in [6.45, 7) is 13.8. The van der Waals surface area contributed by atoms with E-state index in [9.17, 15) is 5.11 Å². The first-order valence-electron chi connectivity index (χ1n) is 5.27. The van der Waals surface area contributed by atoms with Crippen LogP contribution in [0, 0.1) is 0 Å². The van der Waals surface area contributed by atoms with E-state index in [2.05, 4.69) is 39.6 Å². The van der Waals surface area contributed by atoms with Crippen molar-refractivity contribution in [2.75, 3.05) is 0 Å². The number of aliphatic hydroxyl groups is 1. The molecule has 1 fully saturated rings. The molecule has 0 unspecified atom stereocenters. The fourth-order valence-electron chi connectivity index (χ4n) is 2.27. The molecule has 0 aromatic rings. The lowest BCUT2D eigenvalue weighted by atomic mass is 9.81. The van der Waals surface area contributed by atoms with Crippen LogP contribution in [-0.2, 0) is 0 Å². The van der Waals surface area contributed by atoms with E-state index in [1.54, 1.807) is 6.08 Å². The van der Waals surface area contributed by atoms with Crippen molar-refractivity contribution in [2.45, 2.75) is 64.6 Å². The maximum atomic E-state index is 9.54. The second kappa shape index (κ2) is 4.94. The van der Waals surface area contributed by atoms with Crippen LogP contribution in [0.3, 0.4) is 0 Å². The van der Waals surface area contributed by atoms with Crippen LogP contribution in [-0.4, -0.2) is 22.3 Å². The van der Waals surface area contributed by atoms with E-state index >= 15 is 0 Å². The molecule has 0 aliphatic carbocycles. The Morgan fingerprint density at radius 3 is 1.71 bits per heavy atom. The molecule has 0 radical (unpaired) electrons. The van der Waals surface area contributed by atoms with Crippen LogP contribution in [0.25, 0.3) is 0 Å². The predicted molar refractivity (Wildman–Crippen MR) is 62.4 cm³/mol. The molecule has 1 rings (SSSR count). The van der Waals surface area contributed by atoms with Crippen LogP contribution in [0.15, 0.2) is 12.7 Å². The van der Waals surface area contributed by atoms with E-state index in [0.29, 0.717) is 0 Å². The van der Waals surface area contributed by atoms with Crippen LogP contribution in [0.4, 0.5) is 0 Å². The molecule has 14 heavy (non-hydrogen) atoms. The Bertz CT molecular complexity index is 169. The van der Waals surface area contributed by atoms with Gasteiger partial charge >= 0.3 is 0 Å². The maximum absolute atomic E-state index is 9.54. The molecule has 0 aromatic heterocycles. The minimum Gasteiger partial charge on any atom is -0.393 e. The number of hydrogen-bond donors (Lipinski definition) is 2. The lowest BCUT2D eigenvalue weighted by molar-refractivity contribution is 0.0396. The van der Waals surface area contributed by atoms with Gasteiger partial charge in [-0.15, -0.1) is 6.58 Å². The van der Waals surface area contributed by atoms with Crippen molar-refractivity contribution >= 4 is 0 Å². The zero-order valence-electron chi connectivity index (χ0n) is 10.2. The van der Waals surface area contributed by atoms with Gasteiger partial charge in [-0.2, -0.15) is 0 Å². The molecule has 0 aromatic carbocycles. The van der Waals surface area contributed by atoms with Crippen LogP contribution in [0.2, 0.25) is 0 Å². The number of piperidine rings is 1. The van der Waals surface area contributed by atoms with E-state index in [4.69, 9.17) is 0 Å². The summed E-state index contributed by atoms with van der Waals surface area (Å²) >= 11 is 0. The fourth-order valence-corrected chi connectivity index (χ4v) is 2.27. The minimum atomic E-state index is -0.138. The summed E-state index contributed by atoms with van der Waals surface area (Å²) in [5.74, 6) is 0. The average Bonchev–Trinajstić information content (AvgIpc) is 1.77. The molecule has 2 nitrogen and oxygen atoms in total. The Hall–Kier alpha value is -0.340. The fraction of sp³-hybridized carbons (Fsp3) is 0.833. The van der Waals surface area contributed by atoms with Crippen molar-refractivity contribution < 1.29 is 5.11 Å². The Balaban J connectivity index is 0.000000500. The zero-order chi connectivity index (χ0) is 11.4. The van der Waals surface area contributed by atoms with Crippen LogP contribution >= 0.6 is 0 Å². The first-order valence-corrected chi connectivity index (χ1v) is 5.27. The third-order valence-electron chi connectivity index (χ3n) is 2.17. The standard InChI is InChI=1S/C9H19NO.C3H6/c1-8(2)5-7(11)6-9(3,4)10-8;1-3-2/h7,10-11H,5-6H2,1-4H3;3H,1H2,2H3. The summed E-state index contributed by atoms with van der Waals surface area (Å²) in [6.07, 6.45) is 3.33. The molecule has 0 spiro atoms. The quantitative estimate of drug-likeness (QED) is 0.587.